The lowest BCUT2D eigenvalue weighted by atomic mass is 10.1. The van der Waals surface area contributed by atoms with Gasteiger partial charge in [-0.1, -0.05) is 0 Å². The summed E-state index contributed by atoms with van der Waals surface area (Å²) in [5.74, 6) is -2.01. The molecule has 7 nitrogen and oxygen atoms in total. The van der Waals surface area contributed by atoms with Crippen LogP contribution in [0.4, 0.5) is 5.69 Å². The molecule has 0 aromatic heterocycles. The molecular weight excluding hydrogens is 240 g/mol. The molecule has 0 aliphatic heterocycles. The minimum atomic E-state index is -1.26. The predicted octanol–water partition coefficient (Wildman–Crippen LogP) is 0.00260. The van der Waals surface area contributed by atoms with Crippen LogP contribution in [0.25, 0.3) is 0 Å². The van der Waals surface area contributed by atoms with E-state index in [4.69, 9.17) is 15.6 Å². The minimum absolute atomic E-state index is 0.0250. The lowest BCUT2D eigenvalue weighted by Gasteiger charge is -2.14. The number of anilines is 1. The Morgan fingerprint density at radius 2 is 2.17 bits per heavy atom. The Labute approximate surface area is 103 Å². The first-order chi connectivity index (χ1) is 8.49. The van der Waals surface area contributed by atoms with Crippen molar-refractivity contribution in [3.63, 3.8) is 0 Å². The Hall–Kier alpha value is -2.12. The van der Waals surface area contributed by atoms with E-state index >= 15 is 0 Å². The quantitative estimate of drug-likeness (QED) is 0.549. The van der Waals surface area contributed by atoms with Crippen LogP contribution in [0.1, 0.15) is 10.4 Å². The highest BCUT2D eigenvalue weighted by molar-refractivity contribution is 6.02. The third kappa shape index (κ3) is 3.19. The van der Waals surface area contributed by atoms with E-state index in [1.807, 2.05) is 0 Å². The van der Waals surface area contributed by atoms with Crippen LogP contribution in [-0.2, 0) is 9.53 Å². The number of benzene rings is 1. The van der Waals surface area contributed by atoms with E-state index < -0.39 is 18.0 Å². The summed E-state index contributed by atoms with van der Waals surface area (Å²) in [5.41, 5.74) is 5.18. The average Bonchev–Trinajstić information content (AvgIpc) is 2.32. The van der Waals surface area contributed by atoms with Gasteiger partial charge >= 0.3 is 5.97 Å². The molecule has 1 unspecified atom stereocenters. The van der Waals surface area contributed by atoms with E-state index in [2.05, 4.69) is 5.32 Å². The van der Waals surface area contributed by atoms with Gasteiger partial charge in [0.15, 0.2) is 0 Å². The number of phenolic OH excluding ortho intramolecular Hbond substituents is 1. The lowest BCUT2D eigenvalue weighted by molar-refractivity contribution is -0.125. The molecule has 0 spiro atoms. The number of nitrogens with two attached hydrogens (primary N) is 1. The van der Waals surface area contributed by atoms with Crippen LogP contribution in [0.2, 0.25) is 0 Å². The van der Waals surface area contributed by atoms with Crippen molar-refractivity contribution in [1.29, 1.82) is 0 Å². The van der Waals surface area contributed by atoms with Crippen molar-refractivity contribution in [2.75, 3.05) is 19.0 Å². The summed E-state index contributed by atoms with van der Waals surface area (Å²) in [6.45, 7) is -0.0250. The van der Waals surface area contributed by atoms with Crippen LogP contribution >= 0.6 is 0 Å². The average molecular weight is 254 g/mol. The molecular formula is C11H14N2O5. The van der Waals surface area contributed by atoms with Gasteiger partial charge in [0.2, 0.25) is 0 Å². The largest absolute Gasteiger partial charge is 0.508 e. The number of hydrogen-bond donors (Lipinski definition) is 4. The van der Waals surface area contributed by atoms with Gasteiger partial charge in [-0.05, 0) is 18.2 Å². The van der Waals surface area contributed by atoms with Gasteiger partial charge in [0.25, 0.3) is 5.91 Å². The van der Waals surface area contributed by atoms with Crippen molar-refractivity contribution in [1.82, 2.24) is 0 Å². The molecule has 0 fully saturated rings. The maximum atomic E-state index is 11.7. The molecule has 0 radical (unpaired) electrons. The Morgan fingerprint density at radius 3 is 2.67 bits per heavy atom. The van der Waals surface area contributed by atoms with Crippen molar-refractivity contribution in [2.45, 2.75) is 6.10 Å². The van der Waals surface area contributed by atoms with Gasteiger partial charge in [-0.15, -0.1) is 0 Å². The van der Waals surface area contributed by atoms with Crippen LogP contribution in [0.15, 0.2) is 18.2 Å². The number of carbonyl (C=O) groups is 2. The lowest BCUT2D eigenvalue weighted by Crippen LogP contribution is -2.36. The van der Waals surface area contributed by atoms with E-state index in [1.165, 1.54) is 19.2 Å². The molecule has 1 atom stereocenters. The molecule has 7 heteroatoms. The molecule has 1 aromatic carbocycles. The second-order valence-corrected chi connectivity index (χ2v) is 3.48. The topological polar surface area (TPSA) is 122 Å². The molecule has 1 rings (SSSR count). The number of carbonyl (C=O) groups excluding carboxylic acids is 1. The standard InChI is InChI=1S/C11H14N2O5/c1-18-9(5-12)10(15)13-8-3-2-6(14)4-7(8)11(16)17/h2-4,9,14H,5,12H2,1H3,(H,13,15)(H,16,17). The van der Waals surface area contributed by atoms with Gasteiger partial charge in [0.05, 0.1) is 11.3 Å². The molecule has 0 heterocycles. The monoisotopic (exact) mass is 254 g/mol. The summed E-state index contributed by atoms with van der Waals surface area (Å²) < 4.78 is 4.82. The SMILES string of the molecule is COC(CN)C(=O)Nc1ccc(O)cc1C(=O)O. The zero-order chi connectivity index (χ0) is 13.7. The molecule has 98 valence electrons. The predicted molar refractivity (Wildman–Crippen MR) is 63.5 cm³/mol. The van der Waals surface area contributed by atoms with Gasteiger partial charge in [0.1, 0.15) is 11.9 Å². The summed E-state index contributed by atoms with van der Waals surface area (Å²) in [7, 11) is 1.33. The molecule has 0 saturated carbocycles. The molecule has 1 amide bonds. The molecule has 5 N–H and O–H groups in total. The normalized spacial score (nSPS) is 11.9. The summed E-state index contributed by atoms with van der Waals surface area (Å²) in [5, 5.41) is 20.5. The van der Waals surface area contributed by atoms with Crippen LogP contribution in [-0.4, -0.2) is 41.8 Å². The van der Waals surface area contributed by atoms with E-state index in [9.17, 15) is 14.7 Å². The zero-order valence-electron chi connectivity index (χ0n) is 9.71. The maximum absolute atomic E-state index is 11.7. The Balaban J connectivity index is 2.97. The number of amides is 1. The summed E-state index contributed by atoms with van der Waals surface area (Å²) in [6, 6.07) is 3.61. The van der Waals surface area contributed by atoms with Gasteiger partial charge in [-0.2, -0.15) is 0 Å². The number of phenols is 1. The van der Waals surface area contributed by atoms with E-state index in [-0.39, 0.29) is 23.5 Å². The number of carboxylic acids is 1. The molecule has 0 saturated heterocycles. The van der Waals surface area contributed by atoms with E-state index in [0.29, 0.717) is 0 Å². The number of nitrogens with one attached hydrogen (secondary N) is 1. The molecule has 0 aliphatic rings. The fourth-order valence-corrected chi connectivity index (χ4v) is 1.34. The van der Waals surface area contributed by atoms with Gasteiger partial charge in [0, 0.05) is 13.7 Å². The summed E-state index contributed by atoms with van der Waals surface area (Å²) in [4.78, 5) is 22.6. The minimum Gasteiger partial charge on any atom is -0.508 e. The number of ether oxygens (including phenoxy) is 1. The van der Waals surface area contributed by atoms with Crippen molar-refractivity contribution in [3.8, 4) is 5.75 Å². The first kappa shape index (κ1) is 13.9. The fraction of sp³-hybridized carbons (Fsp3) is 0.273. The number of aromatic hydroxyl groups is 1. The highest BCUT2D eigenvalue weighted by Gasteiger charge is 2.19. The van der Waals surface area contributed by atoms with E-state index in [1.54, 1.807) is 0 Å². The number of methoxy groups -OCH3 is 1. The van der Waals surface area contributed by atoms with Crippen LogP contribution in [0, 0.1) is 0 Å². The van der Waals surface area contributed by atoms with Gasteiger partial charge in [-0.3, -0.25) is 4.79 Å². The van der Waals surface area contributed by atoms with Crippen molar-refractivity contribution in [2.24, 2.45) is 5.73 Å². The van der Waals surface area contributed by atoms with E-state index in [0.717, 1.165) is 6.07 Å². The van der Waals surface area contributed by atoms with Crippen molar-refractivity contribution < 1.29 is 24.5 Å². The fourth-order valence-electron chi connectivity index (χ4n) is 1.34. The number of rotatable bonds is 5. The highest BCUT2D eigenvalue weighted by Crippen LogP contribution is 2.21. The van der Waals surface area contributed by atoms with Crippen molar-refractivity contribution in [3.05, 3.63) is 23.8 Å². The Morgan fingerprint density at radius 1 is 1.50 bits per heavy atom. The van der Waals surface area contributed by atoms with Crippen LogP contribution in [0.3, 0.4) is 0 Å². The smallest absolute Gasteiger partial charge is 0.337 e. The first-order valence-electron chi connectivity index (χ1n) is 5.09. The second-order valence-electron chi connectivity index (χ2n) is 3.48. The summed E-state index contributed by atoms with van der Waals surface area (Å²) in [6.07, 6.45) is -0.861. The third-order valence-electron chi connectivity index (χ3n) is 2.28. The Kier molecular flexibility index (Phi) is 4.64. The molecule has 18 heavy (non-hydrogen) atoms. The van der Waals surface area contributed by atoms with Crippen molar-refractivity contribution >= 4 is 17.6 Å². The van der Waals surface area contributed by atoms with Gasteiger partial charge in [-0.25, -0.2) is 4.79 Å². The Bertz CT molecular complexity index is 457. The third-order valence-corrected chi connectivity index (χ3v) is 2.28. The number of hydrogen-bond acceptors (Lipinski definition) is 5. The molecule has 0 aliphatic carbocycles. The van der Waals surface area contributed by atoms with Gasteiger partial charge < -0.3 is 26.0 Å². The zero-order valence-corrected chi connectivity index (χ0v) is 9.71. The maximum Gasteiger partial charge on any atom is 0.337 e. The van der Waals surface area contributed by atoms with Crippen LogP contribution in [0.5, 0.6) is 5.75 Å². The molecule has 0 bridgehead atoms. The number of aromatic carboxylic acids is 1. The second kappa shape index (κ2) is 5.99. The van der Waals surface area contributed by atoms with Crippen LogP contribution < -0.4 is 11.1 Å². The molecule has 1 aromatic rings. The highest BCUT2D eigenvalue weighted by atomic mass is 16.5. The number of carboxylic acid groups (broad SMARTS) is 1. The first-order valence-corrected chi connectivity index (χ1v) is 5.09. The summed E-state index contributed by atoms with van der Waals surface area (Å²) >= 11 is 0.